The minimum atomic E-state index is -0.551. The van der Waals surface area contributed by atoms with Crippen LogP contribution in [-0.4, -0.2) is 25.6 Å². The average Bonchev–Trinajstić information content (AvgIpc) is 3.48. The molecule has 0 unspecified atom stereocenters. The molecule has 8 heteroatoms. The van der Waals surface area contributed by atoms with Crippen molar-refractivity contribution in [1.82, 2.24) is 19.5 Å². The van der Waals surface area contributed by atoms with E-state index >= 15 is 0 Å². The Hall–Kier alpha value is -3.94. The first-order valence-corrected chi connectivity index (χ1v) is 10.7. The van der Waals surface area contributed by atoms with Crippen LogP contribution in [0.3, 0.4) is 0 Å². The van der Waals surface area contributed by atoms with Gasteiger partial charge in [0.15, 0.2) is 0 Å². The molecule has 0 saturated heterocycles. The van der Waals surface area contributed by atoms with E-state index in [1.807, 2.05) is 36.4 Å². The molecule has 0 spiro atoms. The summed E-state index contributed by atoms with van der Waals surface area (Å²) in [5.41, 5.74) is 9.82. The van der Waals surface area contributed by atoms with E-state index in [2.05, 4.69) is 31.0 Å². The summed E-state index contributed by atoms with van der Waals surface area (Å²) in [6, 6.07) is 13.6. The number of hydrogen-bond donors (Lipinski definition) is 2. The van der Waals surface area contributed by atoms with Gasteiger partial charge in [0, 0.05) is 29.6 Å². The molecule has 3 N–H and O–H groups in total. The van der Waals surface area contributed by atoms with Crippen molar-refractivity contribution < 1.29 is 9.53 Å². The molecule has 32 heavy (non-hydrogen) atoms. The molecule has 4 aromatic rings. The molecule has 1 aliphatic carbocycles. The fourth-order valence-corrected chi connectivity index (χ4v) is 4.28. The molecular weight excluding hydrogens is 404 g/mol. The molecule has 3 aromatic heterocycles. The van der Waals surface area contributed by atoms with Crippen molar-refractivity contribution in [2.75, 3.05) is 11.1 Å². The second-order valence-corrected chi connectivity index (χ2v) is 7.96. The molecule has 1 aliphatic rings. The number of benzene rings is 1. The minimum absolute atomic E-state index is 0.199. The van der Waals surface area contributed by atoms with E-state index in [0.717, 1.165) is 40.6 Å². The van der Waals surface area contributed by atoms with Crippen molar-refractivity contribution in [3.8, 4) is 11.1 Å². The summed E-state index contributed by atoms with van der Waals surface area (Å²) in [6.07, 6.45) is 9.50. The Bertz CT molecular complexity index is 1230. The lowest BCUT2D eigenvalue weighted by Gasteiger charge is -2.12. The van der Waals surface area contributed by atoms with E-state index < -0.39 is 6.09 Å². The fourth-order valence-electron chi connectivity index (χ4n) is 4.28. The Balaban J connectivity index is 1.35. The number of hydrogen-bond acceptors (Lipinski definition) is 6. The van der Waals surface area contributed by atoms with Crippen molar-refractivity contribution in [2.45, 2.75) is 38.3 Å². The van der Waals surface area contributed by atoms with Gasteiger partial charge in [0.05, 0.1) is 5.39 Å². The van der Waals surface area contributed by atoms with Crippen LogP contribution in [0.1, 0.15) is 37.3 Å². The van der Waals surface area contributed by atoms with Gasteiger partial charge in [0.2, 0.25) is 0 Å². The second kappa shape index (κ2) is 8.66. The summed E-state index contributed by atoms with van der Waals surface area (Å²) in [4.78, 5) is 25.2. The number of carbonyl (C=O) groups is 1. The van der Waals surface area contributed by atoms with Gasteiger partial charge in [0.25, 0.3) is 0 Å². The van der Waals surface area contributed by atoms with Crippen molar-refractivity contribution >= 4 is 28.8 Å². The Labute approximate surface area is 185 Å². The molecule has 0 atom stereocenters. The molecule has 1 saturated carbocycles. The summed E-state index contributed by atoms with van der Waals surface area (Å²) in [6.45, 7) is 0.199. The zero-order valence-corrected chi connectivity index (χ0v) is 17.6. The van der Waals surface area contributed by atoms with Gasteiger partial charge in [-0.1, -0.05) is 43.2 Å². The second-order valence-electron chi connectivity index (χ2n) is 7.96. The van der Waals surface area contributed by atoms with Crippen LogP contribution in [0.2, 0.25) is 0 Å². The zero-order chi connectivity index (χ0) is 21.9. The van der Waals surface area contributed by atoms with E-state index in [9.17, 15) is 4.79 Å². The largest absolute Gasteiger partial charge is 0.444 e. The Kier molecular flexibility index (Phi) is 5.41. The topological polar surface area (TPSA) is 108 Å². The summed E-state index contributed by atoms with van der Waals surface area (Å²) in [7, 11) is 0. The van der Waals surface area contributed by atoms with Crippen molar-refractivity contribution in [3.63, 3.8) is 0 Å². The molecule has 1 aromatic carbocycles. The Morgan fingerprint density at radius 2 is 1.91 bits per heavy atom. The van der Waals surface area contributed by atoms with Gasteiger partial charge in [0.1, 0.15) is 30.2 Å². The lowest BCUT2D eigenvalue weighted by atomic mass is 10.1. The van der Waals surface area contributed by atoms with Crippen LogP contribution in [0.25, 0.3) is 22.2 Å². The molecule has 0 aliphatic heterocycles. The number of nitrogens with zero attached hydrogens (tertiary/aromatic N) is 4. The van der Waals surface area contributed by atoms with Crippen LogP contribution in [0, 0.1) is 0 Å². The first-order valence-electron chi connectivity index (χ1n) is 10.7. The highest BCUT2D eigenvalue weighted by Crippen LogP contribution is 2.38. The highest BCUT2D eigenvalue weighted by atomic mass is 16.5. The number of fused-ring (bicyclic) bond motifs is 1. The first-order chi connectivity index (χ1) is 15.7. The molecule has 0 bridgehead atoms. The van der Waals surface area contributed by atoms with Gasteiger partial charge < -0.3 is 15.0 Å². The van der Waals surface area contributed by atoms with Crippen LogP contribution in [0.4, 0.5) is 16.4 Å². The van der Waals surface area contributed by atoms with E-state index in [0.29, 0.717) is 17.7 Å². The van der Waals surface area contributed by atoms with Gasteiger partial charge in [-0.2, -0.15) is 0 Å². The number of nitrogens with two attached hydrogens (primary N) is 1. The third kappa shape index (κ3) is 3.99. The summed E-state index contributed by atoms with van der Waals surface area (Å²) in [5, 5.41) is 3.50. The maximum atomic E-state index is 12.1. The quantitative estimate of drug-likeness (QED) is 0.466. The van der Waals surface area contributed by atoms with Gasteiger partial charge in [-0.15, -0.1) is 0 Å². The summed E-state index contributed by atoms with van der Waals surface area (Å²) < 4.78 is 7.48. The Morgan fingerprint density at radius 3 is 2.66 bits per heavy atom. The fraction of sp³-hybridized carbons (Fsp3) is 0.250. The third-order valence-electron chi connectivity index (χ3n) is 5.87. The lowest BCUT2D eigenvalue weighted by molar-refractivity contribution is 0.155. The van der Waals surface area contributed by atoms with Gasteiger partial charge in [-0.3, -0.25) is 5.32 Å². The SMILES string of the molecule is Nc1ncnc2c1c(-c1ccc(NC(=O)OCc3ccccc3)nc1)cn2C1CCCC1. The molecule has 0 radical (unpaired) electrons. The lowest BCUT2D eigenvalue weighted by Crippen LogP contribution is -2.14. The number of amides is 1. The molecule has 3 heterocycles. The third-order valence-corrected chi connectivity index (χ3v) is 5.87. The molecule has 1 amide bonds. The molecular formula is C24H24N6O2. The number of aromatic nitrogens is 4. The number of pyridine rings is 1. The van der Waals surface area contributed by atoms with Gasteiger partial charge in [-0.25, -0.2) is 19.7 Å². The van der Waals surface area contributed by atoms with Crippen molar-refractivity contribution in [2.24, 2.45) is 0 Å². The van der Waals surface area contributed by atoms with Crippen LogP contribution < -0.4 is 11.1 Å². The van der Waals surface area contributed by atoms with Gasteiger partial charge >= 0.3 is 6.09 Å². The van der Waals surface area contributed by atoms with Crippen molar-refractivity contribution in [3.05, 3.63) is 66.7 Å². The van der Waals surface area contributed by atoms with Crippen LogP contribution in [0.5, 0.6) is 0 Å². The van der Waals surface area contributed by atoms with Crippen LogP contribution in [0.15, 0.2) is 61.2 Å². The number of anilines is 2. The molecule has 1 fully saturated rings. The molecule has 162 valence electrons. The summed E-state index contributed by atoms with van der Waals surface area (Å²) >= 11 is 0. The maximum absolute atomic E-state index is 12.1. The number of ether oxygens (including phenoxy) is 1. The predicted molar refractivity (Wildman–Crippen MR) is 123 cm³/mol. The number of rotatable bonds is 5. The normalized spacial score (nSPS) is 14.0. The van der Waals surface area contributed by atoms with Crippen molar-refractivity contribution in [1.29, 1.82) is 0 Å². The number of nitrogens with one attached hydrogen (secondary N) is 1. The first kappa shape index (κ1) is 20.0. The zero-order valence-electron chi connectivity index (χ0n) is 17.6. The van der Waals surface area contributed by atoms with Crippen LogP contribution >= 0.6 is 0 Å². The number of carbonyl (C=O) groups excluding carboxylic acids is 1. The van der Waals surface area contributed by atoms with E-state index in [-0.39, 0.29) is 6.61 Å². The monoisotopic (exact) mass is 428 g/mol. The average molecular weight is 428 g/mol. The van der Waals surface area contributed by atoms with Crippen LogP contribution in [-0.2, 0) is 11.3 Å². The Morgan fingerprint density at radius 1 is 1.09 bits per heavy atom. The van der Waals surface area contributed by atoms with E-state index in [1.54, 1.807) is 12.3 Å². The maximum Gasteiger partial charge on any atom is 0.413 e. The van der Waals surface area contributed by atoms with Gasteiger partial charge in [-0.05, 0) is 30.5 Å². The highest BCUT2D eigenvalue weighted by molar-refractivity contribution is 6.00. The highest BCUT2D eigenvalue weighted by Gasteiger charge is 2.23. The predicted octanol–water partition coefficient (Wildman–Crippen LogP) is 4.94. The minimum Gasteiger partial charge on any atom is -0.444 e. The summed E-state index contributed by atoms with van der Waals surface area (Å²) in [5.74, 6) is 0.865. The molecule has 8 nitrogen and oxygen atoms in total. The smallest absolute Gasteiger partial charge is 0.413 e. The standard InChI is InChI=1S/C24H24N6O2/c25-22-21-19(13-30(18-8-4-5-9-18)23(21)28-15-27-22)17-10-11-20(26-12-17)29-24(31)32-14-16-6-2-1-3-7-16/h1-3,6-7,10-13,15,18H,4-5,8-9,14H2,(H2,25,27,28)(H,26,29,31). The van der Waals surface area contributed by atoms with E-state index in [4.69, 9.17) is 10.5 Å². The molecule has 5 rings (SSSR count). The number of nitrogen functional groups attached to an aromatic ring is 1. The van der Waals surface area contributed by atoms with E-state index in [1.165, 1.54) is 19.2 Å².